The van der Waals surface area contributed by atoms with Crippen LogP contribution >= 0.6 is 0 Å². The topological polar surface area (TPSA) is 76.7 Å². The maximum atomic E-state index is 12.7. The molecular weight excluding hydrogens is 359 g/mol. The van der Waals surface area contributed by atoms with Gasteiger partial charge in [-0.25, -0.2) is 4.99 Å². The number of anilines is 1. The van der Waals surface area contributed by atoms with Crippen LogP contribution in [0.2, 0.25) is 0 Å². The van der Waals surface area contributed by atoms with Crippen LogP contribution in [0, 0.1) is 11.8 Å². The Morgan fingerprint density at radius 1 is 1.19 bits per heavy atom. The van der Waals surface area contributed by atoms with E-state index in [1.54, 1.807) is 0 Å². The number of hydrogen-bond donors (Lipinski definition) is 2. The quantitative estimate of drug-likeness (QED) is 0.815. The first-order valence-corrected chi connectivity index (χ1v) is 9.24. The highest BCUT2D eigenvalue weighted by Crippen LogP contribution is 2.39. The zero-order valence-corrected chi connectivity index (χ0v) is 15.0. The second-order valence-corrected chi connectivity index (χ2v) is 7.25. The molecule has 1 heterocycles. The van der Waals surface area contributed by atoms with Crippen LogP contribution in [0.5, 0.6) is 0 Å². The van der Waals surface area contributed by atoms with Crippen molar-refractivity contribution in [3.8, 4) is 0 Å². The summed E-state index contributed by atoms with van der Waals surface area (Å²) in [6.07, 6.45) is -1.90. The van der Waals surface area contributed by atoms with Gasteiger partial charge >= 0.3 is 6.18 Å². The molecule has 3 N–H and O–H groups in total. The van der Waals surface area contributed by atoms with Crippen LogP contribution in [-0.4, -0.2) is 30.8 Å². The minimum absolute atomic E-state index is 0.0262. The number of halogens is 3. The lowest BCUT2D eigenvalue weighted by molar-refractivity contribution is -0.184. The molecule has 1 aromatic rings. The Bertz CT molecular complexity index is 680. The molecule has 0 saturated heterocycles. The van der Waals surface area contributed by atoms with Crippen molar-refractivity contribution in [2.45, 2.75) is 50.7 Å². The Labute approximate surface area is 156 Å². The number of carbonyl (C=O) groups is 1. The lowest BCUT2D eigenvalue weighted by Gasteiger charge is -2.29. The molecule has 0 spiro atoms. The van der Waals surface area contributed by atoms with E-state index in [2.05, 4.69) is 10.3 Å². The largest absolute Gasteiger partial charge is 0.463 e. The predicted molar refractivity (Wildman–Crippen MR) is 96.3 cm³/mol. The van der Waals surface area contributed by atoms with Crippen LogP contribution in [0.3, 0.4) is 0 Å². The molecule has 0 bridgehead atoms. The van der Waals surface area contributed by atoms with Gasteiger partial charge in [-0.1, -0.05) is 12.1 Å². The summed E-state index contributed by atoms with van der Waals surface area (Å²) >= 11 is 0. The molecule has 2 aliphatic rings. The Balaban J connectivity index is 1.45. The highest BCUT2D eigenvalue weighted by Gasteiger charge is 2.42. The fourth-order valence-electron chi connectivity index (χ4n) is 3.60. The summed E-state index contributed by atoms with van der Waals surface area (Å²) in [6.45, 7) is 0.510. The third kappa shape index (κ3) is 5.37. The van der Waals surface area contributed by atoms with Gasteiger partial charge in [0.05, 0.1) is 12.0 Å². The minimum atomic E-state index is -4.15. The fourth-order valence-corrected chi connectivity index (χ4v) is 3.60. The monoisotopic (exact) mass is 383 g/mol. The Morgan fingerprint density at radius 2 is 1.85 bits per heavy atom. The average Bonchev–Trinajstić information content (AvgIpc) is 3.06. The van der Waals surface area contributed by atoms with Crippen molar-refractivity contribution in [2.24, 2.45) is 22.6 Å². The fraction of sp³-hybridized carbons (Fsp3) is 0.579. The number of aryl methyl sites for hydroxylation is 1. The smallest absolute Gasteiger partial charge is 0.391 e. The number of nitrogens with one attached hydrogen (secondary N) is 1. The highest BCUT2D eigenvalue weighted by atomic mass is 19.4. The minimum Gasteiger partial charge on any atom is -0.463 e. The van der Waals surface area contributed by atoms with Crippen LogP contribution in [0.1, 0.15) is 37.7 Å². The Hall–Kier alpha value is -2.25. The van der Waals surface area contributed by atoms with Gasteiger partial charge in [-0.3, -0.25) is 4.79 Å². The molecule has 1 fully saturated rings. The first kappa shape index (κ1) is 19.5. The number of benzene rings is 1. The average molecular weight is 383 g/mol. The first-order valence-electron chi connectivity index (χ1n) is 9.24. The van der Waals surface area contributed by atoms with Crippen molar-refractivity contribution in [1.29, 1.82) is 0 Å². The highest BCUT2D eigenvalue weighted by molar-refractivity contribution is 5.92. The van der Waals surface area contributed by atoms with E-state index in [0.29, 0.717) is 12.3 Å². The van der Waals surface area contributed by atoms with Gasteiger partial charge in [-0.15, -0.1) is 0 Å². The summed E-state index contributed by atoms with van der Waals surface area (Å²) in [5, 5.41) is 2.82. The van der Waals surface area contributed by atoms with Gasteiger partial charge in [0.25, 0.3) is 6.02 Å². The van der Waals surface area contributed by atoms with Crippen LogP contribution < -0.4 is 11.1 Å². The zero-order valence-electron chi connectivity index (χ0n) is 15.0. The summed E-state index contributed by atoms with van der Waals surface area (Å²) < 4.78 is 43.3. The van der Waals surface area contributed by atoms with Gasteiger partial charge in [0.2, 0.25) is 5.91 Å². The van der Waals surface area contributed by atoms with Gasteiger partial charge in [-0.05, 0) is 56.2 Å². The molecule has 1 unspecified atom stereocenters. The molecule has 148 valence electrons. The number of hydrogen-bond acceptors (Lipinski definition) is 4. The molecule has 1 aliphatic carbocycles. The van der Waals surface area contributed by atoms with Gasteiger partial charge in [0.15, 0.2) is 0 Å². The third-order valence-corrected chi connectivity index (χ3v) is 5.28. The molecule has 3 rings (SSSR count). The normalized spacial score (nSPS) is 25.6. The number of carbonyl (C=O) groups excluding carboxylic acids is 1. The van der Waals surface area contributed by atoms with Crippen molar-refractivity contribution in [1.82, 2.24) is 0 Å². The number of nitrogens with zero attached hydrogens (tertiary/aromatic N) is 1. The standard InChI is InChI=1S/C19H24F3N3O2/c20-19(21,22)14-6-4-13(5-7-14)17(26)24-15-8-1-12(2-9-15)3-10-16-11-27-18(23)25-16/h1-2,8-9,13-14,16H,3-7,10-11H2,(H2,23,25)(H,24,26). The van der Waals surface area contributed by atoms with Crippen molar-refractivity contribution >= 4 is 17.6 Å². The summed E-state index contributed by atoms with van der Waals surface area (Å²) in [7, 11) is 0. The van der Waals surface area contributed by atoms with Gasteiger partial charge in [0, 0.05) is 11.6 Å². The van der Waals surface area contributed by atoms with E-state index in [1.807, 2.05) is 24.3 Å². The molecule has 1 amide bonds. The van der Waals surface area contributed by atoms with Crippen molar-refractivity contribution in [3.63, 3.8) is 0 Å². The SMILES string of the molecule is NC1=NC(CCc2ccc(NC(=O)C3CCC(C(F)(F)F)CC3)cc2)CO1. The molecule has 27 heavy (non-hydrogen) atoms. The number of rotatable bonds is 5. The number of alkyl halides is 3. The number of amides is 1. The lowest BCUT2D eigenvalue weighted by Crippen LogP contribution is -2.32. The number of ether oxygens (including phenoxy) is 1. The van der Waals surface area contributed by atoms with E-state index in [9.17, 15) is 18.0 Å². The molecule has 0 aromatic heterocycles. The zero-order chi connectivity index (χ0) is 19.4. The van der Waals surface area contributed by atoms with Crippen molar-refractivity contribution < 1.29 is 22.7 Å². The van der Waals surface area contributed by atoms with Crippen LogP contribution in [0.4, 0.5) is 18.9 Å². The molecule has 8 heteroatoms. The van der Waals surface area contributed by atoms with Crippen molar-refractivity contribution in [3.05, 3.63) is 29.8 Å². The second-order valence-electron chi connectivity index (χ2n) is 7.25. The van der Waals surface area contributed by atoms with E-state index >= 15 is 0 Å². The van der Waals surface area contributed by atoms with Crippen LogP contribution in [0.25, 0.3) is 0 Å². The molecular formula is C19H24F3N3O2. The molecule has 1 aliphatic heterocycles. The van der Waals surface area contributed by atoms with E-state index in [4.69, 9.17) is 10.5 Å². The van der Waals surface area contributed by atoms with Crippen LogP contribution in [-0.2, 0) is 16.0 Å². The summed E-state index contributed by atoms with van der Waals surface area (Å²) in [4.78, 5) is 16.5. The van der Waals surface area contributed by atoms with Gasteiger partial charge in [-0.2, -0.15) is 13.2 Å². The van der Waals surface area contributed by atoms with E-state index in [0.717, 1.165) is 18.4 Å². The number of amidine groups is 1. The van der Waals surface area contributed by atoms with Crippen LogP contribution in [0.15, 0.2) is 29.3 Å². The molecule has 0 radical (unpaired) electrons. The maximum absolute atomic E-state index is 12.7. The summed E-state index contributed by atoms with van der Waals surface area (Å²) in [5.74, 6) is -1.82. The molecule has 1 atom stereocenters. The Kier molecular flexibility index (Phi) is 5.92. The van der Waals surface area contributed by atoms with Gasteiger partial charge < -0.3 is 15.8 Å². The first-order chi connectivity index (χ1) is 12.8. The maximum Gasteiger partial charge on any atom is 0.391 e. The molecule has 5 nitrogen and oxygen atoms in total. The number of aliphatic imine (C=N–C) groups is 1. The van der Waals surface area contributed by atoms with E-state index in [1.165, 1.54) is 0 Å². The Morgan fingerprint density at radius 3 is 2.41 bits per heavy atom. The lowest BCUT2D eigenvalue weighted by atomic mass is 9.81. The van der Waals surface area contributed by atoms with Crippen molar-refractivity contribution in [2.75, 3.05) is 11.9 Å². The summed E-state index contributed by atoms with van der Waals surface area (Å²) in [5.41, 5.74) is 7.25. The van der Waals surface area contributed by atoms with Gasteiger partial charge in [0.1, 0.15) is 6.61 Å². The molecule has 1 saturated carbocycles. The third-order valence-electron chi connectivity index (χ3n) is 5.28. The predicted octanol–water partition coefficient (Wildman–Crippen LogP) is 3.64. The summed E-state index contributed by atoms with van der Waals surface area (Å²) in [6, 6.07) is 7.81. The second kappa shape index (κ2) is 8.19. The van der Waals surface area contributed by atoms with E-state index < -0.39 is 12.1 Å². The van der Waals surface area contributed by atoms with E-state index in [-0.39, 0.29) is 49.6 Å². The number of nitrogens with two attached hydrogens (primary N) is 1. The molecule has 1 aromatic carbocycles.